The summed E-state index contributed by atoms with van der Waals surface area (Å²) in [7, 11) is 5.71. The molecule has 3 heterocycles. The summed E-state index contributed by atoms with van der Waals surface area (Å²) in [6, 6.07) is 11.7. The van der Waals surface area contributed by atoms with Crippen LogP contribution in [0.15, 0.2) is 84.9 Å². The molecule has 8 N–H and O–H groups in total. The third-order valence-corrected chi connectivity index (χ3v) is 21.4. The first kappa shape index (κ1) is 90.6. The van der Waals surface area contributed by atoms with E-state index in [4.69, 9.17) is 0 Å². The van der Waals surface area contributed by atoms with Crippen LogP contribution in [0.3, 0.4) is 0 Å². The number of fused-ring (bicyclic) bond motifs is 3. The van der Waals surface area contributed by atoms with E-state index in [0.717, 1.165) is 30.4 Å². The number of carbonyl (C=O) groups is 13. The zero-order valence-electron chi connectivity index (χ0n) is 68.5. The van der Waals surface area contributed by atoms with E-state index in [-0.39, 0.29) is 93.4 Å². The normalized spacial score (nSPS) is 25.7. The van der Waals surface area contributed by atoms with Crippen molar-refractivity contribution in [3.63, 3.8) is 0 Å². The highest BCUT2D eigenvalue weighted by atomic mass is 16.3. The number of nitrogens with zero attached hydrogens (tertiary/aromatic N) is 6. The molecule has 3 aromatic rings. The fourth-order valence-electron chi connectivity index (χ4n) is 15.0. The average Bonchev–Trinajstić information content (AvgIpc) is 1.80. The van der Waals surface area contributed by atoms with Gasteiger partial charge in [-0.15, -0.1) is 0 Å². The molecule has 13 amide bonds. The number of benzene rings is 3. The van der Waals surface area contributed by atoms with Gasteiger partial charge >= 0.3 is 0 Å². The van der Waals surface area contributed by atoms with Gasteiger partial charge in [-0.25, -0.2) is 0 Å². The standard InChI is InChI=1S/C84H127N13O14/c1-17-55(10)73-78(105)89-64(47-59-31-21-18-22-32-59)81(108)94(15)68(49-60-33-23-19-24-34-60)77(104)91-72(57(12)98)84(111)97-42-30-38-66(97)75(102)87-62(43-51(2)3)74(101)88-65(82(109)96-40-27-20-28-41-96)48-61-37-29-36-58(46-61)35-25-26-39-69(99)90-71(54(8)9)83(110)92(13)50-70(100)86-63(44-52(4)5)80(107)93(14)67(45-53(6)7)76(103)85-56(11)79(106)95(73)16/h18-19,21-24,29,31-34,36-37,46,51-57,62-68,71-73,98H,17,20,25-28,30,35,38-45,47-50H2,1-16H3,(H,85,103)(H,86,100)(H,87,102)(H,88,101)(H,89,105)(H,90,99)(H,91,104)/t55-,56-,57+,62-,63-,64-,65-,66-,67-,68-,71-,72-,73-/m0/s1. The fourth-order valence-corrected chi connectivity index (χ4v) is 15.0. The molecule has 0 unspecified atom stereocenters. The summed E-state index contributed by atoms with van der Waals surface area (Å²) in [4.78, 5) is 199. The number of aliphatic hydroxyl groups is 1. The van der Waals surface area contributed by atoms with Crippen molar-refractivity contribution >= 4 is 76.8 Å². The van der Waals surface area contributed by atoms with Crippen LogP contribution >= 0.6 is 0 Å². The zero-order valence-corrected chi connectivity index (χ0v) is 68.5. The third kappa shape index (κ3) is 26.7. The number of piperidine rings is 1. The summed E-state index contributed by atoms with van der Waals surface area (Å²) in [6.07, 6.45) is 3.93. The molecule has 0 saturated carbocycles. The number of nitrogens with one attached hydrogen (secondary N) is 7. The molecule has 2 saturated heterocycles. The Labute approximate surface area is 657 Å². The molecule has 0 spiro atoms. The van der Waals surface area contributed by atoms with Gasteiger partial charge in [0.2, 0.25) is 76.8 Å². The van der Waals surface area contributed by atoms with Crippen LogP contribution in [0.5, 0.6) is 0 Å². The molecule has 3 aliphatic heterocycles. The number of hydrogen-bond acceptors (Lipinski definition) is 14. The van der Waals surface area contributed by atoms with Crippen LogP contribution in [-0.2, 0) is 88.0 Å². The molecule has 0 radical (unpaired) electrons. The Morgan fingerprint density at radius 1 is 0.477 bits per heavy atom. The number of hydrogen-bond donors (Lipinski definition) is 8. The lowest BCUT2D eigenvalue weighted by molar-refractivity contribution is -0.148. The molecule has 612 valence electrons. The Morgan fingerprint density at radius 3 is 1.63 bits per heavy atom. The Hall–Kier alpha value is -9.27. The summed E-state index contributed by atoms with van der Waals surface area (Å²) in [6.45, 7) is 21.8. The van der Waals surface area contributed by atoms with Gasteiger partial charge in [0.05, 0.1) is 12.6 Å². The molecule has 13 atom stereocenters. The van der Waals surface area contributed by atoms with Gasteiger partial charge in [0.15, 0.2) is 0 Å². The zero-order chi connectivity index (χ0) is 82.1. The van der Waals surface area contributed by atoms with E-state index in [1.165, 1.54) is 66.5 Å². The first-order valence-electron chi connectivity index (χ1n) is 40.1. The topological polar surface area (TPSA) is 346 Å². The number of rotatable bonds is 15. The van der Waals surface area contributed by atoms with E-state index < -0.39 is 150 Å². The monoisotopic (exact) mass is 1540 g/mol. The van der Waals surface area contributed by atoms with E-state index in [1.807, 2.05) is 72.7 Å². The second-order valence-electron chi connectivity index (χ2n) is 32.5. The molecule has 27 nitrogen and oxygen atoms in total. The summed E-state index contributed by atoms with van der Waals surface area (Å²) in [5, 5.41) is 31.7. The minimum absolute atomic E-state index is 0.0515. The van der Waals surface area contributed by atoms with Crippen molar-refractivity contribution in [2.45, 2.75) is 258 Å². The second-order valence-corrected chi connectivity index (χ2v) is 32.5. The third-order valence-electron chi connectivity index (χ3n) is 21.4. The van der Waals surface area contributed by atoms with Crippen LogP contribution < -0.4 is 37.2 Å². The Bertz CT molecular complexity index is 3640. The smallest absolute Gasteiger partial charge is 0.248 e. The molecule has 3 aliphatic rings. The Morgan fingerprint density at radius 2 is 1.04 bits per heavy atom. The van der Waals surface area contributed by atoms with Crippen molar-refractivity contribution < 1.29 is 67.4 Å². The first-order chi connectivity index (χ1) is 52.5. The van der Waals surface area contributed by atoms with Crippen LogP contribution in [0.25, 0.3) is 0 Å². The van der Waals surface area contributed by atoms with Crippen molar-refractivity contribution in [2.24, 2.45) is 29.6 Å². The molecule has 0 aromatic heterocycles. The number of aliphatic hydroxyl groups excluding tert-OH is 1. The predicted molar refractivity (Wildman–Crippen MR) is 424 cm³/mol. The number of likely N-dealkylation sites (N-methyl/N-ethyl adjacent to an activating group) is 4. The molecule has 2 fully saturated rings. The number of aryl methyl sites for hydroxylation is 1. The maximum absolute atomic E-state index is 15.5. The highest BCUT2D eigenvalue weighted by Crippen LogP contribution is 2.25. The van der Waals surface area contributed by atoms with Gasteiger partial charge in [-0.05, 0) is 136 Å². The van der Waals surface area contributed by atoms with Gasteiger partial charge in [-0.1, -0.05) is 161 Å². The quantitative estimate of drug-likeness (QED) is 0.0991. The second kappa shape index (κ2) is 43.5. The van der Waals surface area contributed by atoms with E-state index in [9.17, 15) is 48.3 Å². The molecule has 111 heavy (non-hydrogen) atoms. The molecule has 6 rings (SSSR count). The largest absolute Gasteiger partial charge is 0.391 e. The van der Waals surface area contributed by atoms with E-state index >= 15 is 19.2 Å². The van der Waals surface area contributed by atoms with Crippen LogP contribution in [-0.4, -0.2) is 238 Å². The van der Waals surface area contributed by atoms with Crippen molar-refractivity contribution in [1.29, 1.82) is 0 Å². The average molecular weight is 1540 g/mol. The Kier molecular flexibility index (Phi) is 35.5. The van der Waals surface area contributed by atoms with Crippen LogP contribution in [0, 0.1) is 29.6 Å². The van der Waals surface area contributed by atoms with E-state index in [0.29, 0.717) is 56.3 Å². The molecule has 2 bridgehead atoms. The van der Waals surface area contributed by atoms with Gasteiger partial charge in [0, 0.05) is 73.5 Å². The van der Waals surface area contributed by atoms with Crippen molar-refractivity contribution in [2.75, 3.05) is 54.4 Å². The fraction of sp³-hybridized carbons (Fsp3) is 0.631. The van der Waals surface area contributed by atoms with Gasteiger partial charge < -0.3 is 71.7 Å². The van der Waals surface area contributed by atoms with Crippen LogP contribution in [0.4, 0.5) is 0 Å². The summed E-state index contributed by atoms with van der Waals surface area (Å²) >= 11 is 0. The number of likely N-dealkylation sites (tertiary alicyclic amines) is 1. The summed E-state index contributed by atoms with van der Waals surface area (Å²) in [5.74, 6) is -9.51. The highest BCUT2D eigenvalue weighted by molar-refractivity contribution is 6.00. The summed E-state index contributed by atoms with van der Waals surface area (Å²) < 4.78 is 0. The molecule has 27 heteroatoms. The lowest BCUT2D eigenvalue weighted by Crippen LogP contribution is -2.63. The maximum atomic E-state index is 15.5. The van der Waals surface area contributed by atoms with Crippen molar-refractivity contribution in [1.82, 2.24) is 66.6 Å². The Balaban J connectivity index is 1.39. The molecular weight excluding hydrogens is 1420 g/mol. The minimum Gasteiger partial charge on any atom is -0.391 e. The molecule has 0 aliphatic carbocycles. The van der Waals surface area contributed by atoms with Gasteiger partial charge in [-0.3, -0.25) is 62.3 Å². The van der Waals surface area contributed by atoms with Crippen LogP contribution in [0.1, 0.15) is 182 Å². The lowest BCUT2D eigenvalue weighted by atomic mass is 9.95. The minimum atomic E-state index is -1.66. The van der Waals surface area contributed by atoms with Gasteiger partial charge in [0.1, 0.15) is 66.5 Å². The van der Waals surface area contributed by atoms with Crippen molar-refractivity contribution in [3.05, 3.63) is 107 Å². The van der Waals surface area contributed by atoms with E-state index in [2.05, 4.69) is 37.2 Å². The first-order valence-corrected chi connectivity index (χ1v) is 40.1. The van der Waals surface area contributed by atoms with Crippen LogP contribution in [0.2, 0.25) is 0 Å². The summed E-state index contributed by atoms with van der Waals surface area (Å²) in [5.41, 5.74) is 2.93. The lowest BCUT2D eigenvalue weighted by Gasteiger charge is -2.37. The SMILES string of the molecule is CC[C@H](C)[C@H]1C(=O)N[C@@H](Cc2ccccc2)C(=O)N(C)[C@@H](Cc2ccccc2)C(=O)N[C@@H]([C@@H](C)O)C(=O)N2CCC[C@H]2C(=O)N[C@@H](CC(C)C)C(=O)N[C@H](C(=O)N2CCCCC2)Cc2cccc(c2)CCCCC(=O)N[C@@H](C(C)C)C(=O)N(C)CC(=O)N[C@@H](CC(C)C)C(=O)N(C)[C@@H](CC(C)C)C(=O)N[C@@H](C)C(=O)N1C. The van der Waals surface area contributed by atoms with Gasteiger partial charge in [-0.2, -0.15) is 0 Å². The van der Waals surface area contributed by atoms with Crippen molar-refractivity contribution in [3.8, 4) is 0 Å². The van der Waals surface area contributed by atoms with Gasteiger partial charge in [0.25, 0.3) is 0 Å². The van der Waals surface area contributed by atoms with E-state index in [1.54, 1.807) is 86.3 Å². The predicted octanol–water partition coefficient (Wildman–Crippen LogP) is 5.02. The maximum Gasteiger partial charge on any atom is 0.248 e. The molecule has 3 aromatic carbocycles. The molecular formula is C84H127N13O14. The number of carbonyl (C=O) groups excluding carboxylic acids is 13. The highest BCUT2D eigenvalue weighted by Gasteiger charge is 2.45. The number of amides is 13.